The second-order valence-corrected chi connectivity index (χ2v) is 17.8. The monoisotopic (exact) mass is 626 g/mol. The number of carbonyl (C=O) groups is 3. The van der Waals surface area contributed by atoms with E-state index in [0.717, 1.165) is 25.7 Å². The molecule has 0 radical (unpaired) electrons. The van der Waals surface area contributed by atoms with Crippen LogP contribution in [-0.4, -0.2) is 66.7 Å². The maximum atomic E-state index is 12.9. The molecule has 0 aromatic heterocycles. The van der Waals surface area contributed by atoms with Crippen molar-refractivity contribution in [3.8, 4) is 0 Å². The van der Waals surface area contributed by atoms with Gasteiger partial charge in [0, 0.05) is 35.9 Å². The molecule has 0 aliphatic rings. The standard InChI is InChI=1S/C36H71N3O5/c1-31(2,3)26-34(10,11)30(42)38-23-25-44-36(14,15)21-24-43-35(12,13)20-19-28(40)37-22-17-16-18-27(39-33(7,8)9)29(41)32(4,5)6/h27,39H,16-26H2,1-15H3,(H,37,40)(H,38,42)/t27-/m0/s1. The van der Waals surface area contributed by atoms with E-state index >= 15 is 0 Å². The number of unbranched alkanes of at least 4 members (excludes halogenated alkanes) is 1. The Kier molecular flexibility index (Phi) is 16.8. The van der Waals surface area contributed by atoms with E-state index < -0.39 is 22.0 Å². The Morgan fingerprint density at radius 3 is 1.73 bits per heavy atom. The van der Waals surface area contributed by atoms with Crippen molar-refractivity contribution in [2.75, 3.05) is 26.3 Å². The van der Waals surface area contributed by atoms with Gasteiger partial charge in [-0.2, -0.15) is 0 Å². The van der Waals surface area contributed by atoms with Crippen LogP contribution in [0.3, 0.4) is 0 Å². The second kappa shape index (κ2) is 17.4. The van der Waals surface area contributed by atoms with Crippen LogP contribution in [0.5, 0.6) is 0 Å². The predicted octanol–water partition coefficient (Wildman–Crippen LogP) is 6.98. The summed E-state index contributed by atoms with van der Waals surface area (Å²) in [6, 6.07) is -0.185. The average molecular weight is 626 g/mol. The molecule has 0 rings (SSSR count). The molecule has 0 aliphatic carbocycles. The summed E-state index contributed by atoms with van der Waals surface area (Å²) >= 11 is 0. The van der Waals surface area contributed by atoms with Gasteiger partial charge in [-0.3, -0.25) is 14.4 Å². The number of ketones is 1. The minimum absolute atomic E-state index is 0.0215. The van der Waals surface area contributed by atoms with Crippen molar-refractivity contribution >= 4 is 17.6 Å². The summed E-state index contributed by atoms with van der Waals surface area (Å²) in [6.45, 7) is 32.7. The van der Waals surface area contributed by atoms with E-state index in [0.29, 0.717) is 45.6 Å². The minimum atomic E-state index is -0.431. The van der Waals surface area contributed by atoms with Crippen LogP contribution in [0.1, 0.15) is 149 Å². The van der Waals surface area contributed by atoms with Gasteiger partial charge in [-0.15, -0.1) is 0 Å². The Balaban J connectivity index is 4.36. The first kappa shape index (κ1) is 42.5. The molecule has 0 saturated heterocycles. The Morgan fingerprint density at radius 2 is 1.20 bits per heavy atom. The largest absolute Gasteiger partial charge is 0.375 e. The molecular formula is C36H71N3O5. The fourth-order valence-electron chi connectivity index (χ4n) is 5.37. The Hall–Kier alpha value is -1.51. The van der Waals surface area contributed by atoms with Crippen LogP contribution >= 0.6 is 0 Å². The number of hydrogen-bond donors (Lipinski definition) is 3. The van der Waals surface area contributed by atoms with E-state index in [1.165, 1.54) is 0 Å². The highest BCUT2D eigenvalue weighted by Crippen LogP contribution is 2.33. The van der Waals surface area contributed by atoms with Gasteiger partial charge in [0.15, 0.2) is 5.78 Å². The second-order valence-electron chi connectivity index (χ2n) is 17.8. The van der Waals surface area contributed by atoms with Crippen LogP contribution in [0.15, 0.2) is 0 Å². The molecule has 0 aromatic carbocycles. The lowest BCUT2D eigenvalue weighted by Crippen LogP contribution is -2.50. The van der Waals surface area contributed by atoms with Crippen LogP contribution < -0.4 is 16.0 Å². The van der Waals surface area contributed by atoms with Crippen molar-refractivity contribution in [3.63, 3.8) is 0 Å². The van der Waals surface area contributed by atoms with E-state index in [2.05, 4.69) is 57.5 Å². The summed E-state index contributed by atoms with van der Waals surface area (Å²) in [5.74, 6) is 0.305. The van der Waals surface area contributed by atoms with Gasteiger partial charge in [0.1, 0.15) is 0 Å². The molecule has 0 unspecified atom stereocenters. The fourth-order valence-corrected chi connectivity index (χ4v) is 5.37. The molecule has 2 amide bonds. The molecule has 0 fully saturated rings. The summed E-state index contributed by atoms with van der Waals surface area (Å²) in [5, 5.41) is 9.52. The molecule has 8 nitrogen and oxygen atoms in total. The van der Waals surface area contributed by atoms with Gasteiger partial charge >= 0.3 is 0 Å². The summed E-state index contributed by atoms with van der Waals surface area (Å²) in [5.41, 5.74) is -1.69. The molecular weight excluding hydrogens is 554 g/mol. The Labute approximate surface area is 271 Å². The zero-order valence-electron chi connectivity index (χ0n) is 31.4. The van der Waals surface area contributed by atoms with Gasteiger partial charge in [-0.1, -0.05) is 55.4 Å². The number of rotatable bonds is 20. The Bertz CT molecular complexity index is 889. The van der Waals surface area contributed by atoms with Gasteiger partial charge in [-0.25, -0.2) is 0 Å². The first-order chi connectivity index (χ1) is 19.7. The molecule has 0 spiro atoms. The molecule has 0 aliphatic heterocycles. The van der Waals surface area contributed by atoms with E-state index in [9.17, 15) is 14.4 Å². The van der Waals surface area contributed by atoms with Crippen molar-refractivity contribution in [3.05, 3.63) is 0 Å². The van der Waals surface area contributed by atoms with Crippen molar-refractivity contribution < 1.29 is 23.9 Å². The Morgan fingerprint density at radius 1 is 0.659 bits per heavy atom. The number of nitrogens with one attached hydrogen (secondary N) is 3. The normalized spacial score (nSPS) is 14.3. The summed E-state index contributed by atoms with van der Waals surface area (Å²) in [4.78, 5) is 38.0. The van der Waals surface area contributed by atoms with Crippen LogP contribution in [-0.2, 0) is 23.9 Å². The molecule has 44 heavy (non-hydrogen) atoms. The highest BCUT2D eigenvalue weighted by Gasteiger charge is 2.33. The number of amides is 2. The predicted molar refractivity (Wildman–Crippen MR) is 183 cm³/mol. The van der Waals surface area contributed by atoms with Gasteiger partial charge in [0.05, 0.1) is 30.5 Å². The number of Topliss-reactive ketones (excluding diaryl/α,β-unsaturated/α-hetero) is 1. The van der Waals surface area contributed by atoms with Crippen molar-refractivity contribution in [1.29, 1.82) is 0 Å². The third-order valence-electron chi connectivity index (χ3n) is 7.52. The summed E-state index contributed by atoms with van der Waals surface area (Å²) in [7, 11) is 0. The lowest BCUT2D eigenvalue weighted by Gasteiger charge is -2.32. The number of carbonyl (C=O) groups excluding carboxylic acids is 3. The summed E-state index contributed by atoms with van der Waals surface area (Å²) < 4.78 is 12.2. The van der Waals surface area contributed by atoms with Crippen LogP contribution in [0.4, 0.5) is 0 Å². The van der Waals surface area contributed by atoms with Crippen LogP contribution in [0.25, 0.3) is 0 Å². The smallest absolute Gasteiger partial charge is 0.225 e. The first-order valence-electron chi connectivity index (χ1n) is 16.8. The van der Waals surface area contributed by atoms with Crippen molar-refractivity contribution in [1.82, 2.24) is 16.0 Å². The van der Waals surface area contributed by atoms with Gasteiger partial charge in [0.2, 0.25) is 11.8 Å². The molecule has 0 aromatic rings. The van der Waals surface area contributed by atoms with E-state index in [-0.39, 0.29) is 34.6 Å². The van der Waals surface area contributed by atoms with Gasteiger partial charge in [0.25, 0.3) is 0 Å². The number of hydrogen-bond acceptors (Lipinski definition) is 6. The molecule has 0 bridgehead atoms. The van der Waals surface area contributed by atoms with Crippen LogP contribution in [0.2, 0.25) is 0 Å². The average Bonchev–Trinajstić information content (AvgIpc) is 2.80. The maximum Gasteiger partial charge on any atom is 0.225 e. The topological polar surface area (TPSA) is 106 Å². The zero-order valence-corrected chi connectivity index (χ0v) is 31.4. The lowest BCUT2D eigenvalue weighted by molar-refractivity contribution is -0.131. The molecule has 8 heteroatoms. The highest BCUT2D eigenvalue weighted by atomic mass is 16.5. The van der Waals surface area contributed by atoms with E-state index in [1.807, 2.05) is 62.3 Å². The summed E-state index contributed by atoms with van der Waals surface area (Å²) in [6.07, 6.45) is 4.99. The van der Waals surface area contributed by atoms with E-state index in [4.69, 9.17) is 9.47 Å². The lowest BCUT2D eigenvalue weighted by atomic mass is 9.76. The minimum Gasteiger partial charge on any atom is -0.375 e. The van der Waals surface area contributed by atoms with Crippen LogP contribution in [0, 0.1) is 16.2 Å². The first-order valence-corrected chi connectivity index (χ1v) is 16.8. The third kappa shape index (κ3) is 20.5. The molecule has 260 valence electrons. The van der Waals surface area contributed by atoms with Gasteiger partial charge < -0.3 is 25.4 Å². The molecule has 1 atom stereocenters. The number of ether oxygens (including phenoxy) is 2. The maximum absolute atomic E-state index is 12.9. The van der Waals surface area contributed by atoms with Crippen molar-refractivity contribution in [2.45, 2.75) is 172 Å². The SMILES string of the molecule is CC(C)(C)CC(C)(C)C(=O)NCCOC(C)(C)CCOC(C)(C)CCC(=O)NCCCC[C@H](NC(C)(C)C)C(=O)C(C)(C)C. The quantitative estimate of drug-likeness (QED) is 0.126. The highest BCUT2D eigenvalue weighted by molar-refractivity contribution is 5.88. The third-order valence-corrected chi connectivity index (χ3v) is 7.52. The van der Waals surface area contributed by atoms with Gasteiger partial charge in [-0.05, 0) is 92.4 Å². The zero-order chi connectivity index (χ0) is 34.6. The molecule has 0 heterocycles. The van der Waals surface area contributed by atoms with Crippen molar-refractivity contribution in [2.24, 2.45) is 16.2 Å². The molecule has 3 N–H and O–H groups in total. The van der Waals surface area contributed by atoms with E-state index in [1.54, 1.807) is 0 Å². The fraction of sp³-hybridized carbons (Fsp3) is 0.917. The molecule has 0 saturated carbocycles.